The lowest BCUT2D eigenvalue weighted by Gasteiger charge is -2.19. The van der Waals surface area contributed by atoms with Gasteiger partial charge in [0.1, 0.15) is 0 Å². The van der Waals surface area contributed by atoms with Gasteiger partial charge in [-0.25, -0.2) is 0 Å². The molecule has 22 heavy (non-hydrogen) atoms. The average Bonchev–Trinajstić information content (AvgIpc) is 2.55. The number of aryl methyl sites for hydroxylation is 1. The van der Waals surface area contributed by atoms with Crippen molar-refractivity contribution in [3.8, 4) is 0 Å². The van der Waals surface area contributed by atoms with E-state index in [9.17, 15) is 4.79 Å². The number of amides is 1. The molecule has 0 fully saturated rings. The molecule has 0 heterocycles. The highest BCUT2D eigenvalue weighted by atomic mass is 16.1. The number of primary amides is 1. The predicted octanol–water partition coefficient (Wildman–Crippen LogP) is 3.22. The fourth-order valence-corrected chi connectivity index (χ4v) is 2.60. The van der Waals surface area contributed by atoms with Gasteiger partial charge in [0.2, 0.25) is 5.91 Å². The first-order valence-electron chi connectivity index (χ1n) is 7.86. The molecule has 0 aliphatic heterocycles. The molecule has 1 atom stereocenters. The Bertz CT molecular complexity index is 554. The number of nitrogens with two attached hydrogens (primary N) is 1. The monoisotopic (exact) mass is 296 g/mol. The fourth-order valence-electron chi connectivity index (χ4n) is 2.60. The van der Waals surface area contributed by atoms with E-state index in [1.54, 1.807) is 0 Å². The Kier molecular flexibility index (Phi) is 6.65. The van der Waals surface area contributed by atoms with Crippen molar-refractivity contribution in [3.63, 3.8) is 0 Å². The SMILES string of the molecule is NC(=O)CCN[C@@H](CCCc1ccccc1)c1ccccc1. The van der Waals surface area contributed by atoms with Crippen LogP contribution in [0.1, 0.15) is 36.4 Å². The molecule has 0 spiro atoms. The van der Waals surface area contributed by atoms with Gasteiger partial charge in [0.05, 0.1) is 0 Å². The quantitative estimate of drug-likeness (QED) is 0.746. The van der Waals surface area contributed by atoms with Gasteiger partial charge in [-0.05, 0) is 30.4 Å². The summed E-state index contributed by atoms with van der Waals surface area (Å²) in [6.45, 7) is 0.625. The Morgan fingerprint density at radius 2 is 1.64 bits per heavy atom. The molecule has 3 nitrogen and oxygen atoms in total. The number of carbonyl (C=O) groups excluding carboxylic acids is 1. The summed E-state index contributed by atoms with van der Waals surface area (Å²) in [5, 5.41) is 3.45. The molecule has 0 saturated carbocycles. The summed E-state index contributed by atoms with van der Waals surface area (Å²) in [5.41, 5.74) is 7.85. The summed E-state index contributed by atoms with van der Waals surface area (Å²) in [5.74, 6) is -0.261. The van der Waals surface area contributed by atoms with Crippen LogP contribution in [-0.4, -0.2) is 12.5 Å². The van der Waals surface area contributed by atoms with E-state index >= 15 is 0 Å². The molecule has 2 rings (SSSR count). The van der Waals surface area contributed by atoms with E-state index in [0.29, 0.717) is 13.0 Å². The van der Waals surface area contributed by atoms with Crippen molar-refractivity contribution in [1.82, 2.24) is 5.32 Å². The summed E-state index contributed by atoms with van der Waals surface area (Å²) in [4.78, 5) is 10.9. The molecule has 0 aliphatic carbocycles. The normalized spacial score (nSPS) is 12.0. The first-order chi connectivity index (χ1) is 10.8. The lowest BCUT2D eigenvalue weighted by Crippen LogP contribution is -2.26. The van der Waals surface area contributed by atoms with E-state index in [1.807, 2.05) is 12.1 Å². The van der Waals surface area contributed by atoms with E-state index in [1.165, 1.54) is 11.1 Å². The third-order valence-corrected chi connectivity index (χ3v) is 3.77. The van der Waals surface area contributed by atoms with Gasteiger partial charge in [-0.1, -0.05) is 60.7 Å². The predicted molar refractivity (Wildman–Crippen MR) is 90.4 cm³/mol. The zero-order valence-electron chi connectivity index (χ0n) is 12.9. The molecule has 1 amide bonds. The van der Waals surface area contributed by atoms with Crippen LogP contribution in [-0.2, 0) is 11.2 Å². The van der Waals surface area contributed by atoms with Crippen LogP contribution >= 0.6 is 0 Å². The second-order valence-electron chi connectivity index (χ2n) is 5.51. The molecule has 3 heteroatoms. The van der Waals surface area contributed by atoms with E-state index < -0.39 is 0 Å². The topological polar surface area (TPSA) is 55.1 Å². The van der Waals surface area contributed by atoms with Crippen molar-refractivity contribution >= 4 is 5.91 Å². The number of hydrogen-bond acceptors (Lipinski definition) is 2. The molecule has 0 radical (unpaired) electrons. The number of hydrogen-bond donors (Lipinski definition) is 2. The number of benzene rings is 2. The van der Waals surface area contributed by atoms with Crippen LogP contribution in [0.3, 0.4) is 0 Å². The maximum Gasteiger partial charge on any atom is 0.218 e. The third-order valence-electron chi connectivity index (χ3n) is 3.77. The molecule has 0 bridgehead atoms. The highest BCUT2D eigenvalue weighted by Gasteiger charge is 2.10. The summed E-state index contributed by atoms with van der Waals surface area (Å²) >= 11 is 0. The Hall–Kier alpha value is -2.13. The molecule has 0 aliphatic rings. The van der Waals surface area contributed by atoms with Gasteiger partial charge in [0, 0.05) is 19.0 Å². The largest absolute Gasteiger partial charge is 0.370 e. The maximum atomic E-state index is 10.9. The zero-order chi connectivity index (χ0) is 15.6. The first-order valence-corrected chi connectivity index (χ1v) is 7.86. The van der Waals surface area contributed by atoms with Crippen LogP contribution in [0.4, 0.5) is 0 Å². The Morgan fingerprint density at radius 3 is 2.27 bits per heavy atom. The number of rotatable bonds is 9. The van der Waals surface area contributed by atoms with Gasteiger partial charge < -0.3 is 11.1 Å². The third kappa shape index (κ3) is 5.70. The summed E-state index contributed by atoms with van der Waals surface area (Å²) in [6.07, 6.45) is 3.59. The van der Waals surface area contributed by atoms with E-state index in [2.05, 4.69) is 53.8 Å². The molecule has 0 saturated heterocycles. The van der Waals surface area contributed by atoms with Crippen LogP contribution in [0.15, 0.2) is 60.7 Å². The second kappa shape index (κ2) is 9.00. The molecule has 2 aromatic rings. The highest BCUT2D eigenvalue weighted by Crippen LogP contribution is 2.19. The molecule has 0 aromatic heterocycles. The van der Waals surface area contributed by atoms with Crippen molar-refractivity contribution in [2.24, 2.45) is 5.73 Å². The van der Waals surface area contributed by atoms with Crippen molar-refractivity contribution in [2.75, 3.05) is 6.54 Å². The molecular formula is C19H24N2O. The molecule has 2 aromatic carbocycles. The van der Waals surface area contributed by atoms with Crippen molar-refractivity contribution < 1.29 is 4.79 Å². The molecule has 116 valence electrons. The van der Waals surface area contributed by atoms with Gasteiger partial charge >= 0.3 is 0 Å². The number of carbonyl (C=O) groups is 1. The lowest BCUT2D eigenvalue weighted by atomic mass is 9.99. The first kappa shape index (κ1) is 16.2. The molecule has 0 unspecified atom stereocenters. The van der Waals surface area contributed by atoms with Crippen molar-refractivity contribution in [3.05, 3.63) is 71.8 Å². The summed E-state index contributed by atoms with van der Waals surface area (Å²) in [6, 6.07) is 21.2. The van der Waals surface area contributed by atoms with Crippen LogP contribution in [0.5, 0.6) is 0 Å². The minimum atomic E-state index is -0.261. The molecule has 3 N–H and O–H groups in total. The fraction of sp³-hybridized carbons (Fsp3) is 0.316. The van der Waals surface area contributed by atoms with Crippen molar-refractivity contribution in [1.29, 1.82) is 0 Å². The average molecular weight is 296 g/mol. The Morgan fingerprint density at radius 1 is 1.00 bits per heavy atom. The van der Waals surface area contributed by atoms with Gasteiger partial charge in [-0.3, -0.25) is 4.79 Å². The second-order valence-corrected chi connectivity index (χ2v) is 5.51. The van der Waals surface area contributed by atoms with Gasteiger partial charge in [-0.15, -0.1) is 0 Å². The van der Waals surface area contributed by atoms with Crippen LogP contribution in [0, 0.1) is 0 Å². The van der Waals surface area contributed by atoms with Gasteiger partial charge in [0.15, 0.2) is 0 Å². The van der Waals surface area contributed by atoms with Crippen LogP contribution in [0.25, 0.3) is 0 Å². The Balaban J connectivity index is 1.88. The smallest absolute Gasteiger partial charge is 0.218 e. The summed E-state index contributed by atoms with van der Waals surface area (Å²) in [7, 11) is 0. The van der Waals surface area contributed by atoms with Gasteiger partial charge in [-0.2, -0.15) is 0 Å². The minimum absolute atomic E-state index is 0.261. The minimum Gasteiger partial charge on any atom is -0.370 e. The van der Waals surface area contributed by atoms with E-state index in [-0.39, 0.29) is 11.9 Å². The summed E-state index contributed by atoms with van der Waals surface area (Å²) < 4.78 is 0. The molecular weight excluding hydrogens is 272 g/mol. The van der Waals surface area contributed by atoms with E-state index in [0.717, 1.165) is 19.3 Å². The standard InChI is InChI=1S/C19H24N2O/c20-19(22)14-15-21-18(17-11-5-2-6-12-17)13-7-10-16-8-3-1-4-9-16/h1-6,8-9,11-12,18,21H,7,10,13-15H2,(H2,20,22)/t18-/m0/s1. The lowest BCUT2D eigenvalue weighted by molar-refractivity contribution is -0.117. The van der Waals surface area contributed by atoms with Gasteiger partial charge in [0.25, 0.3) is 0 Å². The zero-order valence-corrected chi connectivity index (χ0v) is 12.9. The van der Waals surface area contributed by atoms with Crippen LogP contribution in [0.2, 0.25) is 0 Å². The maximum absolute atomic E-state index is 10.9. The number of nitrogens with one attached hydrogen (secondary N) is 1. The Labute approximate surface area is 132 Å². The highest BCUT2D eigenvalue weighted by molar-refractivity contribution is 5.73. The van der Waals surface area contributed by atoms with E-state index in [4.69, 9.17) is 5.73 Å². The van der Waals surface area contributed by atoms with Crippen LogP contribution < -0.4 is 11.1 Å². The van der Waals surface area contributed by atoms with Crippen molar-refractivity contribution in [2.45, 2.75) is 31.7 Å².